The molecule has 2 amide bonds. The molecule has 4 nitrogen and oxygen atoms in total. The molecule has 0 aromatic heterocycles. The van der Waals surface area contributed by atoms with Gasteiger partial charge in [0.25, 0.3) is 0 Å². The van der Waals surface area contributed by atoms with E-state index in [-0.39, 0.29) is 11.6 Å². The van der Waals surface area contributed by atoms with Gasteiger partial charge in [-0.2, -0.15) is 0 Å². The van der Waals surface area contributed by atoms with Gasteiger partial charge in [-0.15, -0.1) is 0 Å². The van der Waals surface area contributed by atoms with Gasteiger partial charge in [0.1, 0.15) is 0 Å². The van der Waals surface area contributed by atoms with Crippen molar-refractivity contribution in [3.63, 3.8) is 0 Å². The maximum atomic E-state index is 12.4. The molecule has 0 aromatic carbocycles. The van der Waals surface area contributed by atoms with Crippen molar-refractivity contribution in [2.45, 2.75) is 70.9 Å². The number of carbonyl (C=O) groups excluding carboxylic acids is 1. The van der Waals surface area contributed by atoms with E-state index in [1.54, 1.807) is 0 Å². The average molecular weight is 255 g/mol. The zero-order chi connectivity index (χ0) is 13.6. The molecule has 1 aliphatic rings. The molecule has 18 heavy (non-hydrogen) atoms. The van der Waals surface area contributed by atoms with Gasteiger partial charge in [0.2, 0.25) is 0 Å². The van der Waals surface area contributed by atoms with E-state index in [1.165, 1.54) is 12.8 Å². The van der Waals surface area contributed by atoms with Crippen LogP contribution in [0.2, 0.25) is 0 Å². The standard InChI is InChI=1S/C14H29N3O/c1-4-14(5-2,11-15)17(6-3)13(18)16-12-9-7-8-10-12/h12H,4-11,15H2,1-3H3,(H,16,18). The largest absolute Gasteiger partial charge is 0.335 e. The zero-order valence-electron chi connectivity index (χ0n) is 12.2. The Morgan fingerprint density at radius 2 is 1.83 bits per heavy atom. The van der Waals surface area contributed by atoms with Crippen LogP contribution in [-0.4, -0.2) is 35.6 Å². The maximum Gasteiger partial charge on any atom is 0.318 e. The number of hydrogen-bond donors (Lipinski definition) is 2. The first-order valence-electron chi connectivity index (χ1n) is 7.41. The molecule has 1 fully saturated rings. The van der Waals surface area contributed by atoms with Gasteiger partial charge in [0.05, 0.1) is 5.54 Å². The Bertz CT molecular complexity index is 250. The smallest absolute Gasteiger partial charge is 0.318 e. The average Bonchev–Trinajstić information content (AvgIpc) is 2.88. The van der Waals surface area contributed by atoms with E-state index in [4.69, 9.17) is 5.73 Å². The first-order chi connectivity index (χ1) is 8.63. The maximum absolute atomic E-state index is 12.4. The Labute approximate surface area is 111 Å². The molecule has 0 atom stereocenters. The van der Waals surface area contributed by atoms with Crippen LogP contribution in [0.25, 0.3) is 0 Å². The molecule has 4 heteroatoms. The highest BCUT2D eigenvalue weighted by molar-refractivity contribution is 5.75. The van der Waals surface area contributed by atoms with Crippen LogP contribution < -0.4 is 11.1 Å². The number of hydrogen-bond acceptors (Lipinski definition) is 2. The first kappa shape index (κ1) is 15.3. The van der Waals surface area contributed by atoms with E-state index in [0.717, 1.165) is 32.2 Å². The summed E-state index contributed by atoms with van der Waals surface area (Å²) in [5.74, 6) is 0. The second-order valence-corrected chi connectivity index (χ2v) is 5.31. The molecule has 106 valence electrons. The molecule has 0 radical (unpaired) electrons. The van der Waals surface area contributed by atoms with Crippen LogP contribution in [0.1, 0.15) is 59.3 Å². The lowest BCUT2D eigenvalue weighted by Gasteiger charge is -2.42. The second-order valence-electron chi connectivity index (χ2n) is 5.31. The van der Waals surface area contributed by atoms with Gasteiger partial charge in [-0.3, -0.25) is 0 Å². The molecule has 0 saturated heterocycles. The molecule has 0 aromatic rings. The fraction of sp³-hybridized carbons (Fsp3) is 0.929. The molecule has 0 bridgehead atoms. The van der Waals surface area contributed by atoms with Crippen molar-refractivity contribution >= 4 is 6.03 Å². The van der Waals surface area contributed by atoms with Crippen LogP contribution in [-0.2, 0) is 0 Å². The molecule has 1 saturated carbocycles. The fourth-order valence-electron chi connectivity index (χ4n) is 3.05. The van der Waals surface area contributed by atoms with E-state index in [1.807, 2.05) is 11.8 Å². The highest BCUT2D eigenvalue weighted by Gasteiger charge is 2.35. The number of carbonyl (C=O) groups is 1. The molecular formula is C14H29N3O. The molecular weight excluding hydrogens is 226 g/mol. The lowest BCUT2D eigenvalue weighted by Crippen LogP contribution is -2.59. The van der Waals surface area contributed by atoms with Gasteiger partial charge >= 0.3 is 6.03 Å². The highest BCUT2D eigenvalue weighted by atomic mass is 16.2. The Hall–Kier alpha value is -0.770. The molecule has 3 N–H and O–H groups in total. The molecule has 1 rings (SSSR count). The number of nitrogens with two attached hydrogens (primary N) is 1. The van der Waals surface area contributed by atoms with Crippen LogP contribution >= 0.6 is 0 Å². The molecule has 0 aliphatic heterocycles. The normalized spacial score (nSPS) is 16.9. The predicted molar refractivity (Wildman–Crippen MR) is 75.5 cm³/mol. The summed E-state index contributed by atoms with van der Waals surface area (Å²) < 4.78 is 0. The summed E-state index contributed by atoms with van der Waals surface area (Å²) in [6.45, 7) is 7.51. The Morgan fingerprint density at radius 3 is 2.22 bits per heavy atom. The van der Waals surface area contributed by atoms with Crippen molar-refractivity contribution in [2.24, 2.45) is 5.73 Å². The first-order valence-corrected chi connectivity index (χ1v) is 7.41. The van der Waals surface area contributed by atoms with Gasteiger partial charge in [-0.25, -0.2) is 4.79 Å². The van der Waals surface area contributed by atoms with E-state index in [2.05, 4.69) is 19.2 Å². The molecule has 0 heterocycles. The van der Waals surface area contributed by atoms with Gasteiger partial charge in [0.15, 0.2) is 0 Å². The third kappa shape index (κ3) is 3.16. The topological polar surface area (TPSA) is 58.4 Å². The summed E-state index contributed by atoms with van der Waals surface area (Å²) in [5, 5.41) is 3.17. The Kier molecular flexibility index (Phi) is 5.93. The van der Waals surface area contributed by atoms with Crippen LogP contribution in [0.3, 0.4) is 0 Å². The summed E-state index contributed by atoms with van der Waals surface area (Å²) in [6.07, 6.45) is 6.54. The Morgan fingerprint density at radius 1 is 1.28 bits per heavy atom. The van der Waals surface area contributed by atoms with Gasteiger partial charge in [-0.1, -0.05) is 26.7 Å². The van der Waals surface area contributed by atoms with Crippen molar-refractivity contribution in [1.82, 2.24) is 10.2 Å². The molecule has 0 spiro atoms. The number of rotatable bonds is 6. The van der Waals surface area contributed by atoms with Crippen LogP contribution in [0.4, 0.5) is 4.79 Å². The zero-order valence-corrected chi connectivity index (χ0v) is 12.2. The van der Waals surface area contributed by atoms with Crippen molar-refractivity contribution in [1.29, 1.82) is 0 Å². The molecule has 0 unspecified atom stereocenters. The third-order valence-electron chi connectivity index (χ3n) is 4.51. The number of likely N-dealkylation sites (N-methyl/N-ethyl adjacent to an activating group) is 1. The van der Waals surface area contributed by atoms with Crippen LogP contribution in [0.5, 0.6) is 0 Å². The lowest BCUT2D eigenvalue weighted by atomic mass is 9.91. The summed E-state index contributed by atoms with van der Waals surface area (Å²) in [4.78, 5) is 14.3. The number of urea groups is 1. The predicted octanol–water partition coefficient (Wildman–Crippen LogP) is 2.48. The summed E-state index contributed by atoms with van der Waals surface area (Å²) in [5.41, 5.74) is 5.75. The second kappa shape index (κ2) is 6.98. The summed E-state index contributed by atoms with van der Waals surface area (Å²) in [7, 11) is 0. The molecule has 1 aliphatic carbocycles. The van der Waals surface area contributed by atoms with Gasteiger partial charge < -0.3 is 16.0 Å². The van der Waals surface area contributed by atoms with E-state index >= 15 is 0 Å². The monoisotopic (exact) mass is 255 g/mol. The number of nitrogens with zero attached hydrogens (tertiary/aromatic N) is 1. The van der Waals surface area contributed by atoms with Crippen LogP contribution in [0, 0.1) is 0 Å². The third-order valence-corrected chi connectivity index (χ3v) is 4.51. The van der Waals surface area contributed by atoms with E-state index < -0.39 is 0 Å². The minimum Gasteiger partial charge on any atom is -0.335 e. The van der Waals surface area contributed by atoms with Gasteiger partial charge in [0, 0.05) is 19.1 Å². The SMILES string of the molecule is CCN(C(=O)NC1CCCC1)C(CC)(CC)CN. The quantitative estimate of drug-likeness (QED) is 0.766. The number of nitrogens with one attached hydrogen (secondary N) is 1. The van der Waals surface area contributed by atoms with Crippen LogP contribution in [0.15, 0.2) is 0 Å². The van der Waals surface area contributed by atoms with E-state index in [0.29, 0.717) is 12.6 Å². The number of amides is 2. The fourth-order valence-corrected chi connectivity index (χ4v) is 3.05. The highest BCUT2D eigenvalue weighted by Crippen LogP contribution is 2.24. The Balaban J connectivity index is 2.70. The summed E-state index contributed by atoms with van der Waals surface area (Å²) >= 11 is 0. The minimum atomic E-state index is -0.183. The minimum absolute atomic E-state index is 0.0681. The van der Waals surface area contributed by atoms with Gasteiger partial charge in [-0.05, 0) is 32.6 Å². The summed E-state index contributed by atoms with van der Waals surface area (Å²) in [6, 6.07) is 0.439. The van der Waals surface area contributed by atoms with Crippen molar-refractivity contribution in [3.8, 4) is 0 Å². The van der Waals surface area contributed by atoms with Crippen molar-refractivity contribution in [2.75, 3.05) is 13.1 Å². The lowest BCUT2D eigenvalue weighted by molar-refractivity contribution is 0.111. The van der Waals surface area contributed by atoms with E-state index in [9.17, 15) is 4.79 Å². The van der Waals surface area contributed by atoms with Crippen molar-refractivity contribution < 1.29 is 4.79 Å². The van der Waals surface area contributed by atoms with Crippen molar-refractivity contribution in [3.05, 3.63) is 0 Å².